The van der Waals surface area contributed by atoms with Crippen LogP contribution in [0.3, 0.4) is 0 Å². The lowest BCUT2D eigenvalue weighted by atomic mass is 9.90. The third-order valence-electron chi connectivity index (χ3n) is 23.5. The van der Waals surface area contributed by atoms with Gasteiger partial charge in [-0.05, 0) is 258 Å². The molecule has 0 spiro atoms. The zero-order valence-electron chi connectivity index (χ0n) is 82.3. The number of carbonyl (C=O) groups is 6. The molecule has 2 heterocycles. The van der Waals surface area contributed by atoms with Crippen LogP contribution in [0.5, 0.6) is 5.75 Å². The van der Waals surface area contributed by atoms with Crippen LogP contribution >= 0.6 is 20.9 Å². The van der Waals surface area contributed by atoms with Gasteiger partial charge in [0.05, 0.1) is 21.7 Å². The van der Waals surface area contributed by atoms with E-state index in [4.69, 9.17) is 24.8 Å². The van der Waals surface area contributed by atoms with E-state index in [2.05, 4.69) is 223 Å². The minimum Gasteiger partial charge on any atom is -0.743 e. The number of hydrogen-bond donors (Lipinski definition) is 3. The van der Waals surface area contributed by atoms with Gasteiger partial charge in [-0.2, -0.15) is 17.6 Å². The molecule has 844 valence electrons. The van der Waals surface area contributed by atoms with Crippen molar-refractivity contribution in [2.75, 3.05) is 39.6 Å². The first-order valence-corrected chi connectivity index (χ1v) is 51.1. The van der Waals surface area contributed by atoms with Gasteiger partial charge in [0.1, 0.15) is 44.4 Å². The SMILES string of the molecule is C.C.C.C.C.C.C.C.C.C.C.C.CCC(C)(C)C(=O)OC(C)c1ccc(C)cc1.CCC(C)(C)C(=O)OC(C)c1ccccc1.CCC(C)(C)C(=O)OCCOC(=O)C(F)(F)S(=O)(=O)[O-].CCC(C)(C)C(=O)OCCOC(=O)C(F)(F)S(=O)(=O)[O-].CCC(C)c1ccc(O)cc1.CCC(C)c1ccccc1.OCCc1ccc(-[s+]2c3ccccc3c3ccccc32)cc1.OCCc1ccc(-[s+]2c3ccccc3c3ccccc32)cc1. The topological polar surface area (TPSA) is 333 Å². The first kappa shape index (κ1) is 154. The average molecular weight is 2180 g/mol. The lowest BCUT2D eigenvalue weighted by Gasteiger charge is -2.23. The largest absolute Gasteiger partial charge is 0.743 e. The summed E-state index contributed by atoms with van der Waals surface area (Å²) in [6.07, 6.45) is 5.96. The first-order valence-electron chi connectivity index (χ1n) is 45.9. The first-order chi connectivity index (χ1) is 64.9. The molecule has 12 rings (SSSR count). The molecule has 0 fully saturated rings. The van der Waals surface area contributed by atoms with E-state index in [-0.39, 0.29) is 147 Å². The van der Waals surface area contributed by atoms with Gasteiger partial charge in [0.2, 0.25) is 0 Å². The number of phenolic OH excluding ortho intramolecular Hbond substituents is 1. The van der Waals surface area contributed by atoms with Crippen molar-refractivity contribution in [2.24, 2.45) is 21.7 Å². The van der Waals surface area contributed by atoms with Gasteiger partial charge in [-0.1, -0.05) is 320 Å². The molecule has 10 aromatic carbocycles. The number of benzene rings is 10. The molecule has 0 aliphatic rings. The fourth-order valence-electron chi connectivity index (χ4n) is 12.3. The lowest BCUT2D eigenvalue weighted by Crippen LogP contribution is -2.39. The van der Waals surface area contributed by atoms with Crippen LogP contribution in [0.2, 0.25) is 0 Å². The number of aromatic hydroxyl groups is 1. The Bertz CT molecular complexity index is 5710. The van der Waals surface area contributed by atoms with Crippen molar-refractivity contribution in [2.45, 2.75) is 307 Å². The summed E-state index contributed by atoms with van der Waals surface area (Å²) in [5, 5.41) is 22.3. The third-order valence-corrected chi connectivity index (χ3v) is 29.8. The predicted octanol–water partition coefficient (Wildman–Crippen LogP) is 33.3. The lowest BCUT2D eigenvalue weighted by molar-refractivity contribution is -0.167. The highest BCUT2D eigenvalue weighted by atomic mass is 32.2. The maximum Gasteiger partial charge on any atom is 0.428 e. The molecule has 4 atom stereocenters. The van der Waals surface area contributed by atoms with Crippen LogP contribution in [0.25, 0.3) is 50.1 Å². The molecular formula is C121H182F4O21S4. The van der Waals surface area contributed by atoms with Gasteiger partial charge in [-0.25, -0.2) is 26.4 Å². The van der Waals surface area contributed by atoms with E-state index in [1.807, 2.05) is 129 Å². The van der Waals surface area contributed by atoms with Gasteiger partial charge in [0, 0.05) is 55.7 Å². The maximum atomic E-state index is 12.7. The molecule has 150 heavy (non-hydrogen) atoms. The number of aryl methyl sites for hydroxylation is 1. The Kier molecular flexibility index (Phi) is 74.2. The molecule has 2 aromatic heterocycles. The monoisotopic (exact) mass is 2180 g/mol. The van der Waals surface area contributed by atoms with Crippen LogP contribution < -0.4 is 0 Å². The van der Waals surface area contributed by atoms with Crippen LogP contribution in [0.15, 0.2) is 255 Å². The van der Waals surface area contributed by atoms with Gasteiger partial charge >= 0.3 is 46.3 Å². The summed E-state index contributed by atoms with van der Waals surface area (Å²) in [5.41, 5.74) is 6.03. The zero-order valence-corrected chi connectivity index (χ0v) is 85.6. The van der Waals surface area contributed by atoms with E-state index >= 15 is 0 Å². The van der Waals surface area contributed by atoms with E-state index in [1.165, 1.54) is 84.4 Å². The minimum absolute atomic E-state index is 0. The third kappa shape index (κ3) is 45.7. The second kappa shape index (κ2) is 72.3. The smallest absolute Gasteiger partial charge is 0.428 e. The van der Waals surface area contributed by atoms with Gasteiger partial charge < -0.3 is 52.8 Å². The summed E-state index contributed by atoms with van der Waals surface area (Å²) < 4.78 is 145. The summed E-state index contributed by atoms with van der Waals surface area (Å²) in [5.74, 6) is -4.87. The molecule has 0 bridgehead atoms. The molecule has 0 saturated heterocycles. The van der Waals surface area contributed by atoms with Gasteiger partial charge in [-0.15, -0.1) is 0 Å². The molecule has 0 amide bonds. The van der Waals surface area contributed by atoms with E-state index in [9.17, 15) is 72.3 Å². The Morgan fingerprint density at radius 3 is 0.800 bits per heavy atom. The average Bonchev–Trinajstić information content (AvgIpc) is 1.60. The van der Waals surface area contributed by atoms with Crippen molar-refractivity contribution in [3.05, 3.63) is 294 Å². The van der Waals surface area contributed by atoms with E-state index in [0.29, 0.717) is 30.4 Å². The Hall–Kier alpha value is -11.3. The Labute approximate surface area is 904 Å². The fourth-order valence-corrected chi connectivity index (χ4v) is 17.6. The normalized spacial score (nSPS) is 11.5. The van der Waals surface area contributed by atoms with E-state index < -0.39 is 103 Å². The molecular weight excluding hydrogens is 1990 g/mol. The number of carbonyl (C=O) groups excluding carboxylic acids is 6. The Morgan fingerprint density at radius 2 is 0.547 bits per heavy atom. The summed E-state index contributed by atoms with van der Waals surface area (Å²) in [6, 6.07) is 88.2. The molecule has 0 aliphatic carbocycles. The quantitative estimate of drug-likeness (QED) is 0.00880. The summed E-state index contributed by atoms with van der Waals surface area (Å²) in [6.45, 7) is 34.0. The zero-order chi connectivity index (χ0) is 103. The highest BCUT2D eigenvalue weighted by Crippen LogP contribution is 2.50. The number of halogens is 4. The number of alkyl halides is 4. The number of esters is 6. The molecule has 0 saturated carbocycles. The number of thiophene rings is 2. The standard InChI is InChI=1S/2C20H17OS.C15H22O2.C14H20O2.2C10H16F2O7S.C10H14O.C10H14.12CH4/c2*21-14-13-15-9-11-16(12-10-15)22-19-7-3-1-5-17(19)18-6-2-4-8-20(18)22;1-6-15(4,5)14(16)17-12(3)13-9-7-11(2)8-10-13;1-5-14(3,4)13(15)16-11(2)12-9-7-6-8-10-12;2*1-4-9(2,3)7(13)18-5-6-19-8(14)10(11,12)20(15,16)17;1-3-8(2)9-4-6-10(11)7-5-9;1-3-9(2)10-7-5-4-6-8-10;;;;;;;;;;;;/h2*1-12,21H,13-14H2;7-10,12H,6H2,1-5H3;6-11H,5H2,1-4H3;2*4-6H2,1-3H3,(H,15,16,17);4-8,11H,3H2,1-2H3;4-9H,3H2,1-2H3;12*1H4/q2*+1;;;;;;;;;;;;;;;;;;/p-2. The Morgan fingerprint density at radius 1 is 0.320 bits per heavy atom. The van der Waals surface area contributed by atoms with Gasteiger partial charge in [0.15, 0.2) is 48.8 Å². The summed E-state index contributed by atoms with van der Waals surface area (Å²) in [7, 11) is -12.3. The van der Waals surface area contributed by atoms with Crippen molar-refractivity contribution in [3.8, 4) is 15.5 Å². The van der Waals surface area contributed by atoms with E-state index in [0.717, 1.165) is 43.2 Å². The number of aliphatic hydroxyl groups excluding tert-OH is 2. The van der Waals surface area contributed by atoms with Gasteiger partial charge in [-0.3, -0.25) is 19.2 Å². The van der Waals surface area contributed by atoms with Crippen molar-refractivity contribution in [3.63, 3.8) is 0 Å². The summed E-state index contributed by atoms with van der Waals surface area (Å²) >= 11 is 0. The van der Waals surface area contributed by atoms with Crippen LogP contribution in [0, 0.1) is 28.6 Å². The van der Waals surface area contributed by atoms with Crippen molar-refractivity contribution in [1.82, 2.24) is 0 Å². The Balaban J connectivity index is -0.000000256. The number of ether oxygens (including phenoxy) is 6. The minimum atomic E-state index is -6.15. The molecule has 21 nitrogen and oxygen atoms in total. The highest BCUT2D eigenvalue weighted by Gasteiger charge is 2.50. The number of rotatable bonds is 32. The highest BCUT2D eigenvalue weighted by molar-refractivity contribution is 7.87. The fraction of sp³-hybridized carbons (Fsp3) is 0.455. The summed E-state index contributed by atoms with van der Waals surface area (Å²) in [4.78, 5) is 70.8. The molecule has 0 radical (unpaired) electrons. The van der Waals surface area contributed by atoms with Crippen molar-refractivity contribution >= 4 is 117 Å². The van der Waals surface area contributed by atoms with E-state index in [1.54, 1.807) is 53.7 Å². The maximum absolute atomic E-state index is 12.7. The molecule has 4 unspecified atom stereocenters. The number of phenols is 1. The predicted molar refractivity (Wildman–Crippen MR) is 621 cm³/mol. The van der Waals surface area contributed by atoms with Crippen LogP contribution in [0.1, 0.15) is 315 Å². The van der Waals surface area contributed by atoms with Crippen molar-refractivity contribution in [1.29, 1.82) is 0 Å². The van der Waals surface area contributed by atoms with Gasteiger partial charge in [0.25, 0.3) is 0 Å². The van der Waals surface area contributed by atoms with Crippen LogP contribution in [0.4, 0.5) is 17.6 Å². The molecule has 29 heteroatoms. The van der Waals surface area contributed by atoms with Crippen LogP contribution in [-0.4, -0.2) is 127 Å². The molecule has 0 aliphatic heterocycles. The molecule has 3 N–H and O–H groups in total. The number of fused-ring (bicyclic) bond motifs is 6. The van der Waals surface area contributed by atoms with Crippen molar-refractivity contribution < 1.29 is 116 Å². The van der Waals surface area contributed by atoms with Crippen LogP contribution in [-0.2, 0) is 90.3 Å². The number of hydrogen-bond acceptors (Lipinski definition) is 21. The second-order valence-corrected chi connectivity index (χ2v) is 42.1. The molecule has 12 aromatic rings. The number of aliphatic hydroxyl groups is 2. The second-order valence-electron chi connectivity index (χ2n) is 35.3.